The Morgan fingerprint density at radius 3 is 2.58 bits per heavy atom. The summed E-state index contributed by atoms with van der Waals surface area (Å²) in [6.45, 7) is 4.13. The number of benzene rings is 1. The van der Waals surface area contributed by atoms with Crippen molar-refractivity contribution in [2.75, 3.05) is 0 Å². The molecule has 0 saturated carbocycles. The molecule has 0 aliphatic heterocycles. The lowest BCUT2D eigenvalue weighted by molar-refractivity contribution is -0.274. The van der Waals surface area contributed by atoms with E-state index in [4.69, 9.17) is 5.84 Å². The fraction of sp³-hybridized carbons (Fsp3) is 0.538. The highest BCUT2D eigenvalue weighted by Crippen LogP contribution is 2.28. The van der Waals surface area contributed by atoms with E-state index in [2.05, 4.69) is 24.0 Å². The second-order valence-corrected chi connectivity index (χ2v) is 4.59. The van der Waals surface area contributed by atoms with Crippen LogP contribution in [0.2, 0.25) is 0 Å². The highest BCUT2D eigenvalue weighted by Gasteiger charge is 2.31. The first kappa shape index (κ1) is 15.8. The van der Waals surface area contributed by atoms with Gasteiger partial charge in [0.05, 0.1) is 0 Å². The van der Waals surface area contributed by atoms with E-state index in [9.17, 15) is 13.2 Å². The van der Waals surface area contributed by atoms with E-state index in [0.29, 0.717) is 11.5 Å². The number of halogens is 3. The minimum Gasteiger partial charge on any atom is -0.406 e. The Morgan fingerprint density at radius 1 is 1.37 bits per heavy atom. The van der Waals surface area contributed by atoms with Gasteiger partial charge in [-0.15, -0.1) is 13.2 Å². The summed E-state index contributed by atoms with van der Waals surface area (Å²) < 4.78 is 40.4. The van der Waals surface area contributed by atoms with Gasteiger partial charge in [0, 0.05) is 6.04 Å². The molecule has 0 aliphatic carbocycles. The summed E-state index contributed by atoms with van der Waals surface area (Å²) in [6.07, 6.45) is -2.94. The zero-order valence-corrected chi connectivity index (χ0v) is 11.0. The number of nitrogens with one attached hydrogen (secondary N) is 1. The summed E-state index contributed by atoms with van der Waals surface area (Å²) in [6, 6.07) is 5.70. The van der Waals surface area contributed by atoms with Crippen LogP contribution in [0, 0.1) is 5.92 Å². The molecule has 108 valence electrons. The largest absolute Gasteiger partial charge is 0.573 e. The van der Waals surface area contributed by atoms with Crippen molar-refractivity contribution in [2.24, 2.45) is 11.8 Å². The monoisotopic (exact) mass is 276 g/mol. The van der Waals surface area contributed by atoms with Gasteiger partial charge in [-0.3, -0.25) is 11.3 Å². The molecule has 6 heteroatoms. The van der Waals surface area contributed by atoms with Gasteiger partial charge >= 0.3 is 6.36 Å². The second kappa shape index (κ2) is 6.77. The fourth-order valence-electron chi connectivity index (χ4n) is 1.80. The van der Waals surface area contributed by atoms with Crippen LogP contribution in [0.5, 0.6) is 5.75 Å². The van der Waals surface area contributed by atoms with E-state index in [1.807, 2.05) is 0 Å². The number of hydrogen-bond donors (Lipinski definition) is 2. The lowest BCUT2D eigenvalue weighted by atomic mass is 9.94. The summed E-state index contributed by atoms with van der Waals surface area (Å²) in [5, 5.41) is 0. The molecule has 1 aromatic carbocycles. The van der Waals surface area contributed by atoms with Gasteiger partial charge < -0.3 is 4.74 Å². The van der Waals surface area contributed by atoms with Crippen molar-refractivity contribution in [3.63, 3.8) is 0 Å². The van der Waals surface area contributed by atoms with Crippen LogP contribution in [-0.2, 0) is 0 Å². The SMILES string of the molecule is CCC(C)CC(NN)c1cccc(OC(F)(F)F)c1. The highest BCUT2D eigenvalue weighted by molar-refractivity contribution is 5.30. The minimum absolute atomic E-state index is 0.188. The molecular formula is C13H19F3N2O. The lowest BCUT2D eigenvalue weighted by Crippen LogP contribution is -2.29. The Morgan fingerprint density at radius 2 is 2.05 bits per heavy atom. The van der Waals surface area contributed by atoms with Crippen molar-refractivity contribution >= 4 is 0 Å². The highest BCUT2D eigenvalue weighted by atomic mass is 19.4. The van der Waals surface area contributed by atoms with E-state index in [0.717, 1.165) is 12.8 Å². The van der Waals surface area contributed by atoms with Gasteiger partial charge in [0.25, 0.3) is 0 Å². The second-order valence-electron chi connectivity index (χ2n) is 4.59. The van der Waals surface area contributed by atoms with E-state index in [1.54, 1.807) is 6.07 Å². The third-order valence-electron chi connectivity index (χ3n) is 3.03. The Kier molecular flexibility index (Phi) is 5.62. The molecule has 0 radical (unpaired) electrons. The smallest absolute Gasteiger partial charge is 0.406 e. The average Bonchev–Trinajstić information content (AvgIpc) is 2.33. The summed E-state index contributed by atoms with van der Waals surface area (Å²) in [5.74, 6) is 5.67. The molecule has 0 aromatic heterocycles. The van der Waals surface area contributed by atoms with Gasteiger partial charge in [-0.2, -0.15) is 0 Å². The van der Waals surface area contributed by atoms with Gasteiger partial charge in [0.1, 0.15) is 5.75 Å². The van der Waals surface area contributed by atoms with Crippen LogP contribution in [0.4, 0.5) is 13.2 Å². The Labute approximate surface area is 110 Å². The number of nitrogens with two attached hydrogens (primary N) is 1. The maximum absolute atomic E-state index is 12.2. The predicted octanol–water partition coefficient (Wildman–Crippen LogP) is 3.53. The van der Waals surface area contributed by atoms with Crippen LogP contribution >= 0.6 is 0 Å². The molecule has 0 amide bonds. The van der Waals surface area contributed by atoms with Crippen LogP contribution < -0.4 is 16.0 Å². The average molecular weight is 276 g/mol. The van der Waals surface area contributed by atoms with Crippen molar-refractivity contribution in [3.05, 3.63) is 29.8 Å². The lowest BCUT2D eigenvalue weighted by Gasteiger charge is -2.20. The molecular weight excluding hydrogens is 257 g/mol. The van der Waals surface area contributed by atoms with Crippen LogP contribution in [-0.4, -0.2) is 6.36 Å². The van der Waals surface area contributed by atoms with Crippen molar-refractivity contribution < 1.29 is 17.9 Å². The van der Waals surface area contributed by atoms with Gasteiger partial charge in [0.15, 0.2) is 0 Å². The Hall–Kier alpha value is -1.27. The van der Waals surface area contributed by atoms with Crippen molar-refractivity contribution in [1.29, 1.82) is 0 Å². The fourth-order valence-corrected chi connectivity index (χ4v) is 1.80. The first-order valence-electron chi connectivity index (χ1n) is 6.17. The van der Waals surface area contributed by atoms with Crippen molar-refractivity contribution in [1.82, 2.24) is 5.43 Å². The molecule has 0 fully saturated rings. The molecule has 3 N–H and O–H groups in total. The normalized spacial score (nSPS) is 15.1. The van der Waals surface area contributed by atoms with Crippen LogP contribution in [0.25, 0.3) is 0 Å². The summed E-state index contributed by atoms with van der Waals surface area (Å²) >= 11 is 0. The Bertz CT molecular complexity index is 396. The third-order valence-corrected chi connectivity index (χ3v) is 3.03. The van der Waals surface area contributed by atoms with Gasteiger partial charge in [-0.05, 0) is 30.0 Å². The minimum atomic E-state index is -4.68. The Balaban J connectivity index is 2.84. The standard InChI is InChI=1S/C13H19F3N2O/c1-3-9(2)7-12(18-17)10-5-4-6-11(8-10)19-13(14,15)16/h4-6,8-9,12,18H,3,7,17H2,1-2H3. The molecule has 2 unspecified atom stereocenters. The van der Waals surface area contributed by atoms with Gasteiger partial charge in [-0.25, -0.2) is 0 Å². The zero-order valence-electron chi connectivity index (χ0n) is 11.0. The third kappa shape index (κ3) is 5.48. The molecule has 19 heavy (non-hydrogen) atoms. The van der Waals surface area contributed by atoms with Crippen LogP contribution in [0.1, 0.15) is 38.3 Å². The van der Waals surface area contributed by atoms with Crippen LogP contribution in [0.15, 0.2) is 24.3 Å². The zero-order chi connectivity index (χ0) is 14.5. The number of rotatable bonds is 6. The maximum Gasteiger partial charge on any atom is 0.573 e. The van der Waals surface area contributed by atoms with E-state index >= 15 is 0 Å². The molecule has 0 bridgehead atoms. The number of hydrazine groups is 1. The molecule has 0 spiro atoms. The molecule has 3 nitrogen and oxygen atoms in total. The first-order valence-corrected chi connectivity index (χ1v) is 6.17. The van der Waals surface area contributed by atoms with E-state index < -0.39 is 6.36 Å². The van der Waals surface area contributed by atoms with E-state index in [-0.39, 0.29) is 11.8 Å². The maximum atomic E-state index is 12.2. The van der Waals surface area contributed by atoms with E-state index in [1.165, 1.54) is 18.2 Å². The first-order chi connectivity index (χ1) is 8.85. The molecule has 2 atom stereocenters. The summed E-state index contributed by atoms with van der Waals surface area (Å²) in [5.41, 5.74) is 3.32. The predicted molar refractivity (Wildman–Crippen MR) is 67.3 cm³/mol. The van der Waals surface area contributed by atoms with Gasteiger partial charge in [-0.1, -0.05) is 32.4 Å². The number of hydrogen-bond acceptors (Lipinski definition) is 3. The van der Waals surface area contributed by atoms with Crippen molar-refractivity contribution in [2.45, 2.75) is 39.1 Å². The molecule has 0 saturated heterocycles. The molecule has 0 aliphatic rings. The molecule has 0 heterocycles. The summed E-state index contributed by atoms with van der Waals surface area (Å²) in [7, 11) is 0. The summed E-state index contributed by atoms with van der Waals surface area (Å²) in [4.78, 5) is 0. The molecule has 1 rings (SSSR count). The quantitative estimate of drug-likeness (QED) is 0.617. The van der Waals surface area contributed by atoms with Crippen molar-refractivity contribution in [3.8, 4) is 5.75 Å². The van der Waals surface area contributed by atoms with Gasteiger partial charge in [0.2, 0.25) is 0 Å². The number of ether oxygens (including phenoxy) is 1. The van der Waals surface area contributed by atoms with Crippen LogP contribution in [0.3, 0.4) is 0 Å². The molecule has 1 aromatic rings. The number of alkyl halides is 3. The topological polar surface area (TPSA) is 47.3 Å².